The molecule has 0 bridgehead atoms. The van der Waals surface area contributed by atoms with Crippen LogP contribution in [-0.2, 0) is 9.59 Å². The molecule has 1 heterocycles. The van der Waals surface area contributed by atoms with E-state index in [-0.39, 0.29) is 11.8 Å². The molecule has 0 atom stereocenters. The number of likely N-dealkylation sites (tertiary alicyclic amines) is 1. The largest absolute Gasteiger partial charge is 0.493 e. The van der Waals surface area contributed by atoms with Gasteiger partial charge in [0, 0.05) is 32.1 Å². The first-order valence-electron chi connectivity index (χ1n) is 9.18. The van der Waals surface area contributed by atoms with Crippen molar-refractivity contribution < 1.29 is 19.1 Å². The second-order valence-corrected chi connectivity index (χ2v) is 6.22. The zero-order valence-electron chi connectivity index (χ0n) is 15.6. The van der Waals surface area contributed by atoms with Gasteiger partial charge in [-0.1, -0.05) is 13.0 Å². The van der Waals surface area contributed by atoms with Crippen LogP contribution in [0.25, 0.3) is 6.08 Å². The number of rotatable bonds is 10. The molecular formula is C20H28N2O4. The van der Waals surface area contributed by atoms with Crippen molar-refractivity contribution in [1.29, 1.82) is 0 Å². The van der Waals surface area contributed by atoms with E-state index in [4.69, 9.17) is 9.47 Å². The molecule has 0 spiro atoms. The number of hydrogen-bond acceptors (Lipinski definition) is 4. The van der Waals surface area contributed by atoms with Gasteiger partial charge >= 0.3 is 0 Å². The minimum Gasteiger partial charge on any atom is -0.493 e. The van der Waals surface area contributed by atoms with E-state index < -0.39 is 0 Å². The summed E-state index contributed by atoms with van der Waals surface area (Å²) in [5.41, 5.74) is 0.864. The Hall–Kier alpha value is -2.50. The molecule has 0 saturated carbocycles. The maximum absolute atomic E-state index is 11.9. The number of hydrogen-bond donors (Lipinski definition) is 1. The summed E-state index contributed by atoms with van der Waals surface area (Å²) in [6.07, 6.45) is 6.54. The lowest BCUT2D eigenvalue weighted by Gasteiger charge is -2.14. The lowest BCUT2D eigenvalue weighted by Crippen LogP contribution is -2.29. The molecule has 0 aliphatic carbocycles. The third-order valence-corrected chi connectivity index (χ3v) is 4.15. The maximum atomic E-state index is 11.9. The van der Waals surface area contributed by atoms with E-state index in [9.17, 15) is 9.59 Å². The van der Waals surface area contributed by atoms with E-state index in [0.29, 0.717) is 37.6 Å². The van der Waals surface area contributed by atoms with Crippen LogP contribution in [0.2, 0.25) is 0 Å². The van der Waals surface area contributed by atoms with Gasteiger partial charge in [-0.25, -0.2) is 0 Å². The lowest BCUT2D eigenvalue weighted by atomic mass is 10.2. The molecule has 0 unspecified atom stereocenters. The molecule has 142 valence electrons. The molecule has 1 aromatic carbocycles. The van der Waals surface area contributed by atoms with E-state index in [1.54, 1.807) is 13.2 Å². The summed E-state index contributed by atoms with van der Waals surface area (Å²) in [6, 6.07) is 5.57. The van der Waals surface area contributed by atoms with Crippen molar-refractivity contribution in [3.63, 3.8) is 0 Å². The van der Waals surface area contributed by atoms with Crippen molar-refractivity contribution in [1.82, 2.24) is 10.2 Å². The molecule has 6 heteroatoms. The van der Waals surface area contributed by atoms with Crippen LogP contribution < -0.4 is 14.8 Å². The summed E-state index contributed by atoms with van der Waals surface area (Å²) < 4.78 is 11.0. The van der Waals surface area contributed by atoms with Crippen LogP contribution in [0.4, 0.5) is 0 Å². The molecule has 6 nitrogen and oxygen atoms in total. The van der Waals surface area contributed by atoms with E-state index in [1.165, 1.54) is 6.08 Å². The summed E-state index contributed by atoms with van der Waals surface area (Å²) in [6.45, 7) is 4.79. The highest BCUT2D eigenvalue weighted by atomic mass is 16.5. The van der Waals surface area contributed by atoms with Gasteiger partial charge in [0.1, 0.15) is 0 Å². The minimum atomic E-state index is -0.150. The van der Waals surface area contributed by atoms with Crippen LogP contribution >= 0.6 is 0 Å². The topological polar surface area (TPSA) is 67.9 Å². The van der Waals surface area contributed by atoms with Crippen LogP contribution in [0.3, 0.4) is 0 Å². The predicted molar refractivity (Wildman–Crippen MR) is 101 cm³/mol. The van der Waals surface area contributed by atoms with Crippen molar-refractivity contribution >= 4 is 17.9 Å². The standard InChI is InChI=1S/C20H28N2O4/c1-3-14-26-17-9-7-16(15-18(17)25-2)8-10-19(23)21-11-5-13-22-12-4-6-20(22)24/h7-10,15H,3-6,11-14H2,1-2H3,(H,21,23)/b10-8+. The monoisotopic (exact) mass is 360 g/mol. The van der Waals surface area contributed by atoms with Crippen molar-refractivity contribution in [3.8, 4) is 11.5 Å². The van der Waals surface area contributed by atoms with Crippen LogP contribution in [-0.4, -0.2) is 50.1 Å². The van der Waals surface area contributed by atoms with Crippen molar-refractivity contribution in [2.24, 2.45) is 0 Å². The van der Waals surface area contributed by atoms with Crippen molar-refractivity contribution in [2.75, 3.05) is 33.4 Å². The molecule has 1 aliphatic rings. The van der Waals surface area contributed by atoms with Gasteiger partial charge in [-0.2, -0.15) is 0 Å². The molecule has 0 radical (unpaired) electrons. The number of carbonyl (C=O) groups excluding carboxylic acids is 2. The van der Waals surface area contributed by atoms with Crippen molar-refractivity contribution in [2.45, 2.75) is 32.6 Å². The first-order valence-corrected chi connectivity index (χ1v) is 9.18. The van der Waals surface area contributed by atoms with Crippen molar-refractivity contribution in [3.05, 3.63) is 29.8 Å². The van der Waals surface area contributed by atoms with E-state index in [0.717, 1.165) is 31.4 Å². The highest BCUT2D eigenvalue weighted by Gasteiger charge is 2.18. The zero-order chi connectivity index (χ0) is 18.8. The predicted octanol–water partition coefficient (Wildman–Crippen LogP) is 2.63. The Morgan fingerprint density at radius 1 is 1.35 bits per heavy atom. The SMILES string of the molecule is CCCOc1ccc(/C=C/C(=O)NCCCN2CCCC2=O)cc1OC. The summed E-state index contributed by atoms with van der Waals surface area (Å²) in [4.78, 5) is 25.3. The van der Waals surface area contributed by atoms with Crippen LogP contribution in [0.5, 0.6) is 11.5 Å². The molecule has 2 amide bonds. The fourth-order valence-electron chi connectivity index (χ4n) is 2.77. The smallest absolute Gasteiger partial charge is 0.244 e. The van der Waals surface area contributed by atoms with E-state index in [1.807, 2.05) is 30.0 Å². The first kappa shape index (κ1) is 19.8. The van der Waals surface area contributed by atoms with Gasteiger partial charge in [0.25, 0.3) is 0 Å². The second-order valence-electron chi connectivity index (χ2n) is 6.22. The quantitative estimate of drug-likeness (QED) is 0.514. The molecule has 26 heavy (non-hydrogen) atoms. The first-order chi connectivity index (χ1) is 12.6. The Morgan fingerprint density at radius 2 is 2.19 bits per heavy atom. The summed E-state index contributed by atoms with van der Waals surface area (Å²) >= 11 is 0. The Morgan fingerprint density at radius 3 is 2.88 bits per heavy atom. The second kappa shape index (κ2) is 10.5. The summed E-state index contributed by atoms with van der Waals surface area (Å²) in [5, 5.41) is 2.84. The Bertz CT molecular complexity index is 643. The number of benzene rings is 1. The highest BCUT2D eigenvalue weighted by molar-refractivity contribution is 5.91. The molecule has 2 rings (SSSR count). The van der Waals surface area contributed by atoms with Gasteiger partial charge in [-0.05, 0) is 43.0 Å². The Labute approximate surface area is 155 Å². The molecule has 1 fully saturated rings. The number of ether oxygens (including phenoxy) is 2. The maximum Gasteiger partial charge on any atom is 0.244 e. The van der Waals surface area contributed by atoms with Gasteiger partial charge in [-0.3, -0.25) is 9.59 Å². The summed E-state index contributed by atoms with van der Waals surface area (Å²) in [7, 11) is 1.60. The number of methoxy groups -OCH3 is 1. The Balaban J connectivity index is 1.77. The number of nitrogens with zero attached hydrogens (tertiary/aromatic N) is 1. The van der Waals surface area contributed by atoms with Gasteiger partial charge in [0.15, 0.2) is 11.5 Å². The van der Waals surface area contributed by atoms with Gasteiger partial charge in [0.2, 0.25) is 11.8 Å². The minimum absolute atomic E-state index is 0.150. The van der Waals surface area contributed by atoms with Gasteiger partial charge in [0.05, 0.1) is 13.7 Å². The van der Waals surface area contributed by atoms with Gasteiger partial charge in [-0.15, -0.1) is 0 Å². The molecule has 1 aromatic rings. The lowest BCUT2D eigenvalue weighted by molar-refractivity contribution is -0.127. The molecule has 0 aromatic heterocycles. The fourth-order valence-corrected chi connectivity index (χ4v) is 2.77. The van der Waals surface area contributed by atoms with Gasteiger partial charge < -0.3 is 19.7 Å². The normalized spacial score (nSPS) is 14.1. The highest BCUT2D eigenvalue weighted by Crippen LogP contribution is 2.28. The Kier molecular flexibility index (Phi) is 7.99. The average molecular weight is 360 g/mol. The van der Waals surface area contributed by atoms with E-state index >= 15 is 0 Å². The van der Waals surface area contributed by atoms with Crippen LogP contribution in [0, 0.1) is 0 Å². The molecule has 1 aliphatic heterocycles. The van der Waals surface area contributed by atoms with E-state index in [2.05, 4.69) is 5.32 Å². The third kappa shape index (κ3) is 6.10. The van der Waals surface area contributed by atoms with Crippen LogP contribution in [0.1, 0.15) is 38.2 Å². The van der Waals surface area contributed by atoms with Crippen LogP contribution in [0.15, 0.2) is 24.3 Å². The number of carbonyl (C=O) groups is 2. The third-order valence-electron chi connectivity index (χ3n) is 4.15. The fraction of sp³-hybridized carbons (Fsp3) is 0.500. The average Bonchev–Trinajstić information content (AvgIpc) is 3.07. The number of nitrogens with one attached hydrogen (secondary N) is 1. The summed E-state index contributed by atoms with van der Waals surface area (Å²) in [5.74, 6) is 1.42. The zero-order valence-corrected chi connectivity index (χ0v) is 15.6. The molecule has 1 saturated heterocycles. The number of amides is 2. The molecule has 1 N–H and O–H groups in total. The molecular weight excluding hydrogens is 332 g/mol.